The van der Waals surface area contributed by atoms with Gasteiger partial charge < -0.3 is 5.32 Å². The third-order valence-electron chi connectivity index (χ3n) is 2.89. The van der Waals surface area contributed by atoms with Crippen molar-refractivity contribution < 1.29 is 0 Å². The maximum absolute atomic E-state index is 3.46. The van der Waals surface area contributed by atoms with Crippen LogP contribution in [0.2, 0.25) is 0 Å². The Labute approximate surface area is 82.6 Å². The van der Waals surface area contributed by atoms with Gasteiger partial charge in [0.2, 0.25) is 0 Å². The van der Waals surface area contributed by atoms with Crippen LogP contribution in [0.1, 0.15) is 46.5 Å². The van der Waals surface area contributed by atoms with Gasteiger partial charge in [-0.25, -0.2) is 0 Å². The van der Waals surface area contributed by atoms with E-state index in [1.807, 2.05) is 0 Å². The number of hydrogen-bond donors (Lipinski definition) is 1. The number of rotatable bonds is 4. The number of hydrogen-bond acceptors (Lipinski definition) is 1. The molecule has 13 heavy (non-hydrogen) atoms. The molecule has 1 aliphatic rings. The van der Waals surface area contributed by atoms with E-state index in [0.717, 1.165) is 12.5 Å². The second kappa shape index (κ2) is 5.43. The van der Waals surface area contributed by atoms with Crippen LogP contribution in [0.4, 0.5) is 0 Å². The van der Waals surface area contributed by atoms with E-state index in [1.165, 1.54) is 25.7 Å². The van der Waals surface area contributed by atoms with Crippen molar-refractivity contribution >= 4 is 0 Å². The monoisotopic (exact) mass is 181 g/mol. The molecule has 2 unspecified atom stereocenters. The summed E-state index contributed by atoms with van der Waals surface area (Å²) in [4.78, 5) is 0. The molecule has 0 aromatic heterocycles. The molecule has 0 radical (unpaired) electrons. The molecule has 1 aliphatic carbocycles. The highest BCUT2D eigenvalue weighted by molar-refractivity contribution is 5.07. The van der Waals surface area contributed by atoms with Crippen LogP contribution in [0.5, 0.6) is 0 Å². The summed E-state index contributed by atoms with van der Waals surface area (Å²) < 4.78 is 0. The van der Waals surface area contributed by atoms with Crippen LogP contribution in [-0.2, 0) is 0 Å². The predicted octanol–water partition coefficient (Wildman–Crippen LogP) is 3.12. The Hall–Kier alpha value is -0.300. The Balaban J connectivity index is 2.28. The van der Waals surface area contributed by atoms with Gasteiger partial charge in [-0.3, -0.25) is 0 Å². The molecule has 76 valence electrons. The fourth-order valence-electron chi connectivity index (χ4n) is 2.02. The fourth-order valence-corrected chi connectivity index (χ4v) is 2.02. The van der Waals surface area contributed by atoms with Crippen LogP contribution in [0, 0.1) is 5.92 Å². The molecule has 0 amide bonds. The predicted molar refractivity (Wildman–Crippen MR) is 58.9 cm³/mol. The van der Waals surface area contributed by atoms with Gasteiger partial charge in [-0.15, -0.1) is 0 Å². The molecule has 1 rings (SSSR count). The minimum Gasteiger partial charge on any atom is -0.314 e. The molecule has 0 heterocycles. The van der Waals surface area contributed by atoms with Crippen LogP contribution in [0.15, 0.2) is 11.6 Å². The van der Waals surface area contributed by atoms with E-state index in [1.54, 1.807) is 5.57 Å². The topological polar surface area (TPSA) is 12.0 Å². The lowest BCUT2D eigenvalue weighted by Gasteiger charge is -2.21. The summed E-state index contributed by atoms with van der Waals surface area (Å²) >= 11 is 0. The fraction of sp³-hybridized carbons (Fsp3) is 0.833. The highest BCUT2D eigenvalue weighted by atomic mass is 14.9. The Bertz CT molecular complexity index is 172. The van der Waals surface area contributed by atoms with Gasteiger partial charge in [0.1, 0.15) is 0 Å². The SMILES string of the molecule is CCNC(C)CC1=CCC(C)CC1. The average molecular weight is 181 g/mol. The lowest BCUT2D eigenvalue weighted by atomic mass is 9.88. The van der Waals surface area contributed by atoms with E-state index in [-0.39, 0.29) is 0 Å². The molecule has 1 N–H and O–H groups in total. The van der Waals surface area contributed by atoms with Crippen molar-refractivity contribution in [3.63, 3.8) is 0 Å². The molecule has 0 aliphatic heterocycles. The number of nitrogens with one attached hydrogen (secondary N) is 1. The van der Waals surface area contributed by atoms with E-state index in [4.69, 9.17) is 0 Å². The summed E-state index contributed by atoms with van der Waals surface area (Å²) in [5, 5.41) is 3.46. The summed E-state index contributed by atoms with van der Waals surface area (Å²) in [6, 6.07) is 0.657. The van der Waals surface area contributed by atoms with E-state index in [2.05, 4.69) is 32.2 Å². The van der Waals surface area contributed by atoms with Gasteiger partial charge in [0.25, 0.3) is 0 Å². The third kappa shape index (κ3) is 3.95. The standard InChI is InChI=1S/C12H23N/c1-4-13-11(3)9-12-7-5-10(2)6-8-12/h7,10-11,13H,4-6,8-9H2,1-3H3. The molecule has 2 atom stereocenters. The first-order valence-electron chi connectivity index (χ1n) is 5.63. The van der Waals surface area contributed by atoms with Gasteiger partial charge in [-0.2, -0.15) is 0 Å². The van der Waals surface area contributed by atoms with Gasteiger partial charge in [0.05, 0.1) is 0 Å². The molecule has 0 saturated heterocycles. The first-order chi connectivity index (χ1) is 6.22. The second-order valence-corrected chi connectivity index (χ2v) is 4.40. The molecular weight excluding hydrogens is 158 g/mol. The van der Waals surface area contributed by atoms with Gasteiger partial charge in [0, 0.05) is 6.04 Å². The third-order valence-corrected chi connectivity index (χ3v) is 2.89. The first-order valence-corrected chi connectivity index (χ1v) is 5.63. The van der Waals surface area contributed by atoms with Crippen LogP contribution < -0.4 is 5.32 Å². The Kier molecular flexibility index (Phi) is 4.51. The summed E-state index contributed by atoms with van der Waals surface area (Å²) in [5.74, 6) is 0.915. The summed E-state index contributed by atoms with van der Waals surface area (Å²) in [7, 11) is 0. The molecule has 1 nitrogen and oxygen atoms in total. The Morgan fingerprint density at radius 3 is 2.92 bits per heavy atom. The molecule has 0 saturated carbocycles. The molecule has 0 aromatic rings. The van der Waals surface area contributed by atoms with E-state index < -0.39 is 0 Å². The van der Waals surface area contributed by atoms with E-state index in [0.29, 0.717) is 6.04 Å². The normalized spacial score (nSPS) is 25.5. The summed E-state index contributed by atoms with van der Waals surface area (Å²) in [5.41, 5.74) is 1.67. The van der Waals surface area contributed by atoms with Crippen LogP contribution >= 0.6 is 0 Å². The second-order valence-electron chi connectivity index (χ2n) is 4.40. The molecule has 0 aromatic carbocycles. The highest BCUT2D eigenvalue weighted by Crippen LogP contribution is 2.25. The maximum Gasteiger partial charge on any atom is 0.00757 e. The van der Waals surface area contributed by atoms with Crippen molar-refractivity contribution in [2.75, 3.05) is 6.54 Å². The smallest absolute Gasteiger partial charge is 0.00757 e. The summed E-state index contributed by atoms with van der Waals surface area (Å²) in [6.45, 7) is 7.89. The van der Waals surface area contributed by atoms with Crippen molar-refractivity contribution in [2.24, 2.45) is 5.92 Å². The van der Waals surface area contributed by atoms with E-state index >= 15 is 0 Å². The lowest BCUT2D eigenvalue weighted by molar-refractivity contribution is 0.484. The van der Waals surface area contributed by atoms with E-state index in [9.17, 15) is 0 Å². The summed E-state index contributed by atoms with van der Waals surface area (Å²) in [6.07, 6.45) is 7.73. The molecule has 0 spiro atoms. The van der Waals surface area contributed by atoms with Gasteiger partial charge in [0.15, 0.2) is 0 Å². The lowest BCUT2D eigenvalue weighted by Crippen LogP contribution is -2.26. The minimum atomic E-state index is 0.657. The molecule has 0 bridgehead atoms. The van der Waals surface area contributed by atoms with Crippen molar-refractivity contribution in [3.05, 3.63) is 11.6 Å². The first kappa shape index (κ1) is 10.8. The number of allylic oxidation sites excluding steroid dienone is 1. The molecule has 0 fully saturated rings. The Morgan fingerprint density at radius 1 is 1.62 bits per heavy atom. The van der Waals surface area contributed by atoms with Crippen LogP contribution in [-0.4, -0.2) is 12.6 Å². The van der Waals surface area contributed by atoms with Crippen LogP contribution in [0.25, 0.3) is 0 Å². The van der Waals surface area contributed by atoms with Gasteiger partial charge in [-0.1, -0.05) is 25.5 Å². The average Bonchev–Trinajstić information content (AvgIpc) is 2.09. The van der Waals surface area contributed by atoms with Gasteiger partial charge >= 0.3 is 0 Å². The van der Waals surface area contributed by atoms with Crippen molar-refractivity contribution in [3.8, 4) is 0 Å². The largest absolute Gasteiger partial charge is 0.314 e. The van der Waals surface area contributed by atoms with Crippen LogP contribution in [0.3, 0.4) is 0 Å². The Morgan fingerprint density at radius 2 is 2.38 bits per heavy atom. The maximum atomic E-state index is 3.46. The van der Waals surface area contributed by atoms with Crippen molar-refractivity contribution in [1.82, 2.24) is 5.32 Å². The minimum absolute atomic E-state index is 0.657. The zero-order valence-electron chi connectivity index (χ0n) is 9.27. The van der Waals surface area contributed by atoms with Gasteiger partial charge in [-0.05, 0) is 45.1 Å². The highest BCUT2D eigenvalue weighted by Gasteiger charge is 2.11. The van der Waals surface area contributed by atoms with Crippen molar-refractivity contribution in [2.45, 2.75) is 52.5 Å². The quantitative estimate of drug-likeness (QED) is 0.657. The zero-order chi connectivity index (χ0) is 9.68. The zero-order valence-corrected chi connectivity index (χ0v) is 9.27. The molecular formula is C12H23N. The van der Waals surface area contributed by atoms with Crippen molar-refractivity contribution in [1.29, 1.82) is 0 Å². The molecule has 1 heteroatoms.